The molecule has 2 saturated carbocycles. The Bertz CT molecular complexity index is 1140. The van der Waals surface area contributed by atoms with Crippen molar-refractivity contribution in [3.8, 4) is 0 Å². The van der Waals surface area contributed by atoms with Crippen LogP contribution < -0.4 is 16.0 Å². The number of urea groups is 1. The SMILES string of the molecule is O=C(Nc1ccc2nc(NC3CCc4ccccc43)ccc2c1)NC1CC2CCC1C2. The summed E-state index contributed by atoms with van der Waals surface area (Å²) in [6.45, 7) is 0. The molecule has 2 bridgehead atoms. The number of carbonyl (C=O) groups is 1. The van der Waals surface area contributed by atoms with Gasteiger partial charge in [0.25, 0.3) is 0 Å². The van der Waals surface area contributed by atoms with Crippen molar-refractivity contribution >= 4 is 28.4 Å². The first-order valence-corrected chi connectivity index (χ1v) is 11.5. The molecule has 3 aliphatic carbocycles. The van der Waals surface area contributed by atoms with Gasteiger partial charge < -0.3 is 16.0 Å². The third kappa shape index (κ3) is 3.62. The van der Waals surface area contributed by atoms with E-state index in [-0.39, 0.29) is 6.03 Å². The van der Waals surface area contributed by atoms with E-state index in [1.807, 2.05) is 24.3 Å². The molecule has 1 aromatic heterocycles. The van der Waals surface area contributed by atoms with Crippen LogP contribution in [0.25, 0.3) is 10.9 Å². The van der Waals surface area contributed by atoms with Gasteiger partial charge >= 0.3 is 6.03 Å². The molecular weight excluding hydrogens is 384 g/mol. The molecule has 3 N–H and O–H groups in total. The third-order valence-electron chi connectivity index (χ3n) is 7.46. The molecule has 5 heteroatoms. The summed E-state index contributed by atoms with van der Waals surface area (Å²) in [5.41, 5.74) is 4.54. The van der Waals surface area contributed by atoms with Gasteiger partial charge in [0.05, 0.1) is 11.6 Å². The van der Waals surface area contributed by atoms with Crippen molar-refractivity contribution in [1.82, 2.24) is 10.3 Å². The average molecular weight is 413 g/mol. The maximum Gasteiger partial charge on any atom is 0.319 e. The van der Waals surface area contributed by atoms with Gasteiger partial charge in [-0.25, -0.2) is 9.78 Å². The molecule has 2 aromatic carbocycles. The predicted molar refractivity (Wildman–Crippen MR) is 124 cm³/mol. The van der Waals surface area contributed by atoms with E-state index in [1.54, 1.807) is 0 Å². The number of hydrogen-bond donors (Lipinski definition) is 3. The van der Waals surface area contributed by atoms with Crippen LogP contribution >= 0.6 is 0 Å². The molecular formula is C26H28N4O. The summed E-state index contributed by atoms with van der Waals surface area (Å²) < 4.78 is 0. The van der Waals surface area contributed by atoms with Crippen molar-refractivity contribution in [3.05, 3.63) is 65.7 Å². The van der Waals surface area contributed by atoms with Gasteiger partial charge in [0, 0.05) is 17.1 Å². The summed E-state index contributed by atoms with van der Waals surface area (Å²) in [5.74, 6) is 2.39. The summed E-state index contributed by atoms with van der Waals surface area (Å²) in [5, 5.41) is 10.8. The van der Waals surface area contributed by atoms with Crippen LogP contribution in [0, 0.1) is 11.8 Å². The zero-order valence-corrected chi connectivity index (χ0v) is 17.6. The Labute approximate surface area is 182 Å². The molecule has 0 aliphatic heterocycles. The highest BCUT2D eigenvalue weighted by Gasteiger charge is 2.40. The standard InChI is InChI=1S/C26H28N4O/c31-26(30-24-14-16-5-6-18(24)13-16)27-20-9-11-22-19(15-20)8-12-25(28-22)29-23-10-7-17-3-1-2-4-21(17)23/h1-4,8-9,11-12,15-16,18,23-24H,5-7,10,13-14H2,(H,28,29)(H2,27,30,31). The van der Waals surface area contributed by atoms with E-state index in [2.05, 4.69) is 46.3 Å². The zero-order chi connectivity index (χ0) is 20.8. The van der Waals surface area contributed by atoms with Crippen LogP contribution in [-0.4, -0.2) is 17.1 Å². The number of carbonyl (C=O) groups excluding carboxylic acids is 1. The summed E-state index contributed by atoms with van der Waals surface area (Å²) in [6.07, 6.45) is 7.24. The van der Waals surface area contributed by atoms with Crippen LogP contribution in [0.3, 0.4) is 0 Å². The Morgan fingerprint density at radius 2 is 1.90 bits per heavy atom. The maximum atomic E-state index is 12.5. The smallest absolute Gasteiger partial charge is 0.319 e. The number of nitrogens with zero attached hydrogens (tertiary/aromatic N) is 1. The highest BCUT2D eigenvalue weighted by molar-refractivity contribution is 5.93. The van der Waals surface area contributed by atoms with Gasteiger partial charge in [0.1, 0.15) is 5.82 Å². The van der Waals surface area contributed by atoms with Gasteiger partial charge in [-0.15, -0.1) is 0 Å². The lowest BCUT2D eigenvalue weighted by Crippen LogP contribution is -2.40. The van der Waals surface area contributed by atoms with Crippen LogP contribution in [0.4, 0.5) is 16.3 Å². The molecule has 4 unspecified atom stereocenters. The molecule has 2 amide bonds. The second kappa shape index (κ2) is 7.56. The fraction of sp³-hybridized carbons (Fsp3) is 0.385. The molecule has 31 heavy (non-hydrogen) atoms. The Kier molecular flexibility index (Phi) is 4.55. The second-order valence-corrected chi connectivity index (χ2v) is 9.42. The van der Waals surface area contributed by atoms with E-state index in [0.29, 0.717) is 18.0 Å². The summed E-state index contributed by atoms with van der Waals surface area (Å²) >= 11 is 0. The van der Waals surface area contributed by atoms with E-state index < -0.39 is 0 Å². The number of amides is 2. The molecule has 0 spiro atoms. The molecule has 0 saturated heterocycles. The van der Waals surface area contributed by atoms with Crippen LogP contribution in [0.2, 0.25) is 0 Å². The number of nitrogens with one attached hydrogen (secondary N) is 3. The zero-order valence-electron chi connectivity index (χ0n) is 17.6. The lowest BCUT2D eigenvalue weighted by atomic mass is 9.95. The molecule has 2 fully saturated rings. The lowest BCUT2D eigenvalue weighted by Gasteiger charge is -2.23. The first kappa shape index (κ1) is 18.7. The van der Waals surface area contributed by atoms with Gasteiger partial charge in [0.2, 0.25) is 0 Å². The van der Waals surface area contributed by atoms with Crippen molar-refractivity contribution in [2.75, 3.05) is 10.6 Å². The van der Waals surface area contributed by atoms with Crippen molar-refractivity contribution < 1.29 is 4.79 Å². The monoisotopic (exact) mass is 412 g/mol. The number of rotatable bonds is 4. The number of benzene rings is 2. The minimum absolute atomic E-state index is 0.0944. The molecule has 3 aromatic rings. The topological polar surface area (TPSA) is 66.0 Å². The van der Waals surface area contributed by atoms with Gasteiger partial charge in [-0.3, -0.25) is 0 Å². The largest absolute Gasteiger partial charge is 0.363 e. The molecule has 4 atom stereocenters. The fourth-order valence-corrected chi connectivity index (χ4v) is 5.93. The lowest BCUT2D eigenvalue weighted by molar-refractivity contribution is 0.242. The Balaban J connectivity index is 1.13. The fourth-order valence-electron chi connectivity index (χ4n) is 5.93. The van der Waals surface area contributed by atoms with E-state index >= 15 is 0 Å². The molecule has 0 radical (unpaired) electrons. The first-order chi connectivity index (χ1) is 15.2. The van der Waals surface area contributed by atoms with Crippen LogP contribution in [-0.2, 0) is 6.42 Å². The number of hydrogen-bond acceptors (Lipinski definition) is 3. The van der Waals surface area contributed by atoms with Gasteiger partial charge in [0.15, 0.2) is 0 Å². The normalized spacial score (nSPS) is 26.1. The number of aromatic nitrogens is 1. The first-order valence-electron chi connectivity index (χ1n) is 11.5. The summed E-state index contributed by atoms with van der Waals surface area (Å²) in [4.78, 5) is 17.3. The summed E-state index contributed by atoms with van der Waals surface area (Å²) in [6, 6.07) is 19.2. The quantitative estimate of drug-likeness (QED) is 0.519. The van der Waals surface area contributed by atoms with Crippen LogP contribution in [0.1, 0.15) is 49.3 Å². The van der Waals surface area contributed by atoms with Crippen LogP contribution in [0.15, 0.2) is 54.6 Å². The average Bonchev–Trinajstić information content (AvgIpc) is 3.50. The van der Waals surface area contributed by atoms with Gasteiger partial charge in [-0.2, -0.15) is 0 Å². The minimum Gasteiger partial charge on any atom is -0.363 e. The van der Waals surface area contributed by atoms with Crippen molar-refractivity contribution in [2.45, 2.75) is 50.6 Å². The van der Waals surface area contributed by atoms with Gasteiger partial charge in [-0.1, -0.05) is 30.7 Å². The molecule has 158 valence electrons. The van der Waals surface area contributed by atoms with Crippen molar-refractivity contribution in [3.63, 3.8) is 0 Å². The highest BCUT2D eigenvalue weighted by Crippen LogP contribution is 2.44. The maximum absolute atomic E-state index is 12.5. The van der Waals surface area contributed by atoms with Crippen molar-refractivity contribution in [1.29, 1.82) is 0 Å². The minimum atomic E-state index is -0.0944. The number of fused-ring (bicyclic) bond motifs is 4. The number of aryl methyl sites for hydroxylation is 1. The molecule has 1 heterocycles. The Morgan fingerprint density at radius 3 is 2.77 bits per heavy atom. The summed E-state index contributed by atoms with van der Waals surface area (Å²) in [7, 11) is 0. The molecule has 6 rings (SSSR count). The van der Waals surface area contributed by atoms with Crippen molar-refractivity contribution in [2.24, 2.45) is 11.8 Å². The number of anilines is 2. The Hall–Kier alpha value is -3.08. The van der Waals surface area contributed by atoms with E-state index in [1.165, 1.54) is 30.4 Å². The number of pyridine rings is 1. The molecule has 5 nitrogen and oxygen atoms in total. The van der Waals surface area contributed by atoms with E-state index in [9.17, 15) is 4.79 Å². The third-order valence-corrected chi connectivity index (χ3v) is 7.46. The predicted octanol–water partition coefficient (Wildman–Crippen LogP) is 5.64. The van der Waals surface area contributed by atoms with Gasteiger partial charge in [-0.05, 0) is 85.4 Å². The molecule has 3 aliphatic rings. The second-order valence-electron chi connectivity index (χ2n) is 9.42. The highest BCUT2D eigenvalue weighted by atomic mass is 16.2. The van der Waals surface area contributed by atoms with E-state index in [0.717, 1.165) is 47.6 Å². The van der Waals surface area contributed by atoms with Crippen LogP contribution in [0.5, 0.6) is 0 Å². The van der Waals surface area contributed by atoms with E-state index in [4.69, 9.17) is 4.98 Å². The Morgan fingerprint density at radius 1 is 0.968 bits per heavy atom.